The SMILES string of the molecule is CO[C@@H](c1ccc(Cl)cc1)C1CCN(C(=O)OC(C)(C)C)CC1. The van der Waals surface area contributed by atoms with Crippen molar-refractivity contribution in [2.45, 2.75) is 45.3 Å². The number of carbonyl (C=O) groups is 1. The van der Waals surface area contributed by atoms with Crippen LogP contribution in [0.2, 0.25) is 5.02 Å². The Morgan fingerprint density at radius 3 is 2.26 bits per heavy atom. The summed E-state index contributed by atoms with van der Waals surface area (Å²) in [6, 6.07) is 7.80. The van der Waals surface area contributed by atoms with Crippen molar-refractivity contribution in [1.82, 2.24) is 4.90 Å². The normalized spacial score (nSPS) is 17.9. The standard InChI is InChI=1S/C18H26ClNO3/c1-18(2,3)23-17(21)20-11-9-14(10-12-20)16(22-4)13-5-7-15(19)8-6-13/h5-8,14,16H,9-12H2,1-4H3/t16-/m0/s1. The molecule has 1 saturated heterocycles. The molecule has 0 unspecified atom stereocenters. The zero-order valence-corrected chi connectivity index (χ0v) is 15.1. The van der Waals surface area contributed by atoms with Crippen LogP contribution in [0.3, 0.4) is 0 Å². The number of piperidine rings is 1. The summed E-state index contributed by atoms with van der Waals surface area (Å²) in [6.45, 7) is 7.07. The number of hydrogen-bond donors (Lipinski definition) is 0. The van der Waals surface area contributed by atoms with Gasteiger partial charge >= 0.3 is 6.09 Å². The van der Waals surface area contributed by atoms with Crippen LogP contribution in [0, 0.1) is 5.92 Å². The average molecular weight is 340 g/mol. The van der Waals surface area contributed by atoms with Gasteiger partial charge in [-0.1, -0.05) is 23.7 Å². The second-order valence-electron chi connectivity index (χ2n) is 7.01. The molecule has 0 saturated carbocycles. The maximum atomic E-state index is 12.1. The van der Waals surface area contributed by atoms with E-state index >= 15 is 0 Å². The van der Waals surface area contributed by atoms with Crippen LogP contribution in [0.5, 0.6) is 0 Å². The number of methoxy groups -OCH3 is 1. The van der Waals surface area contributed by atoms with E-state index in [0.717, 1.165) is 23.4 Å². The summed E-state index contributed by atoms with van der Waals surface area (Å²) in [5.74, 6) is 0.389. The number of nitrogens with zero attached hydrogens (tertiary/aromatic N) is 1. The van der Waals surface area contributed by atoms with Gasteiger partial charge in [0, 0.05) is 25.2 Å². The third kappa shape index (κ3) is 5.11. The van der Waals surface area contributed by atoms with Crippen LogP contribution in [-0.2, 0) is 9.47 Å². The van der Waals surface area contributed by atoms with Gasteiger partial charge in [-0.05, 0) is 57.2 Å². The maximum absolute atomic E-state index is 12.1. The van der Waals surface area contributed by atoms with Crippen molar-refractivity contribution >= 4 is 17.7 Å². The summed E-state index contributed by atoms with van der Waals surface area (Å²) in [4.78, 5) is 13.9. The zero-order valence-electron chi connectivity index (χ0n) is 14.3. The first-order chi connectivity index (χ1) is 10.8. The Morgan fingerprint density at radius 2 is 1.78 bits per heavy atom. The van der Waals surface area contributed by atoms with Crippen molar-refractivity contribution in [3.05, 3.63) is 34.9 Å². The first kappa shape index (κ1) is 18.1. The van der Waals surface area contributed by atoms with E-state index in [2.05, 4.69) is 0 Å². The van der Waals surface area contributed by atoms with Gasteiger partial charge in [0.25, 0.3) is 0 Å². The molecule has 128 valence electrons. The Bertz CT molecular complexity index is 516. The first-order valence-electron chi connectivity index (χ1n) is 8.06. The van der Waals surface area contributed by atoms with Crippen LogP contribution in [0.15, 0.2) is 24.3 Å². The first-order valence-corrected chi connectivity index (χ1v) is 8.44. The summed E-state index contributed by atoms with van der Waals surface area (Å²) in [5, 5.41) is 0.725. The Kier molecular flexibility index (Phi) is 5.93. The van der Waals surface area contributed by atoms with Crippen LogP contribution in [0.4, 0.5) is 4.79 Å². The monoisotopic (exact) mass is 339 g/mol. The van der Waals surface area contributed by atoms with E-state index in [0.29, 0.717) is 19.0 Å². The largest absolute Gasteiger partial charge is 0.444 e. The molecule has 0 N–H and O–H groups in total. The van der Waals surface area contributed by atoms with Gasteiger partial charge in [0.05, 0.1) is 6.10 Å². The van der Waals surface area contributed by atoms with Crippen LogP contribution in [-0.4, -0.2) is 36.8 Å². The second kappa shape index (κ2) is 7.54. The Hall–Kier alpha value is -1.26. The van der Waals surface area contributed by atoms with Crippen molar-refractivity contribution in [3.8, 4) is 0 Å². The fourth-order valence-corrected chi connectivity index (χ4v) is 3.09. The molecule has 1 fully saturated rings. The number of ether oxygens (including phenoxy) is 2. The third-order valence-corrected chi connectivity index (χ3v) is 4.32. The molecule has 1 aliphatic heterocycles. The van der Waals surface area contributed by atoms with Gasteiger partial charge in [0.1, 0.15) is 5.60 Å². The molecule has 0 aliphatic carbocycles. The summed E-state index contributed by atoms with van der Waals surface area (Å²) in [5.41, 5.74) is 0.680. The van der Waals surface area contributed by atoms with E-state index < -0.39 is 5.60 Å². The molecule has 1 aromatic rings. The van der Waals surface area contributed by atoms with E-state index in [4.69, 9.17) is 21.1 Å². The van der Waals surface area contributed by atoms with Gasteiger partial charge in [-0.2, -0.15) is 0 Å². The fraction of sp³-hybridized carbons (Fsp3) is 0.611. The quantitative estimate of drug-likeness (QED) is 0.803. The molecule has 4 nitrogen and oxygen atoms in total. The average Bonchev–Trinajstić information content (AvgIpc) is 2.49. The lowest BCUT2D eigenvalue weighted by Gasteiger charge is -2.36. The number of rotatable bonds is 3. The molecule has 0 spiro atoms. The molecular formula is C18H26ClNO3. The predicted molar refractivity (Wildman–Crippen MR) is 91.7 cm³/mol. The number of likely N-dealkylation sites (tertiary alicyclic amines) is 1. The van der Waals surface area contributed by atoms with Crippen LogP contribution in [0.25, 0.3) is 0 Å². The zero-order chi connectivity index (χ0) is 17.0. The van der Waals surface area contributed by atoms with E-state index in [1.165, 1.54) is 0 Å². The summed E-state index contributed by atoms with van der Waals surface area (Å²) in [7, 11) is 1.74. The molecule has 5 heteroatoms. The molecule has 1 atom stereocenters. The highest BCUT2D eigenvalue weighted by Crippen LogP contribution is 2.34. The lowest BCUT2D eigenvalue weighted by atomic mass is 9.87. The van der Waals surface area contributed by atoms with Crippen LogP contribution < -0.4 is 0 Å². The highest BCUT2D eigenvalue weighted by atomic mass is 35.5. The minimum Gasteiger partial charge on any atom is -0.444 e. The van der Waals surface area contributed by atoms with Gasteiger partial charge in [0.2, 0.25) is 0 Å². The van der Waals surface area contributed by atoms with E-state index in [-0.39, 0.29) is 12.2 Å². The Balaban J connectivity index is 1.94. The highest BCUT2D eigenvalue weighted by molar-refractivity contribution is 6.30. The van der Waals surface area contributed by atoms with Crippen LogP contribution >= 0.6 is 11.6 Å². The lowest BCUT2D eigenvalue weighted by Crippen LogP contribution is -2.42. The molecular weight excluding hydrogens is 314 g/mol. The van der Waals surface area contributed by atoms with E-state index in [1.807, 2.05) is 45.0 Å². The molecule has 23 heavy (non-hydrogen) atoms. The fourth-order valence-electron chi connectivity index (χ4n) is 2.96. The molecule has 1 heterocycles. The van der Waals surface area contributed by atoms with E-state index in [9.17, 15) is 4.79 Å². The van der Waals surface area contributed by atoms with Gasteiger partial charge in [-0.15, -0.1) is 0 Å². The molecule has 0 radical (unpaired) electrons. The Morgan fingerprint density at radius 1 is 1.22 bits per heavy atom. The number of halogens is 1. The third-order valence-electron chi connectivity index (χ3n) is 4.07. The molecule has 1 aliphatic rings. The number of amides is 1. The lowest BCUT2D eigenvalue weighted by molar-refractivity contribution is -0.00231. The van der Waals surface area contributed by atoms with Gasteiger partial charge in [0.15, 0.2) is 0 Å². The van der Waals surface area contributed by atoms with Crippen molar-refractivity contribution < 1.29 is 14.3 Å². The minimum absolute atomic E-state index is 0.0352. The van der Waals surface area contributed by atoms with E-state index in [1.54, 1.807) is 12.0 Å². The summed E-state index contributed by atoms with van der Waals surface area (Å²) < 4.78 is 11.2. The van der Waals surface area contributed by atoms with Crippen molar-refractivity contribution in [2.75, 3.05) is 20.2 Å². The number of carbonyl (C=O) groups excluding carboxylic acids is 1. The smallest absolute Gasteiger partial charge is 0.410 e. The topological polar surface area (TPSA) is 38.8 Å². The highest BCUT2D eigenvalue weighted by Gasteiger charge is 2.31. The molecule has 1 amide bonds. The van der Waals surface area contributed by atoms with Gasteiger partial charge in [-0.3, -0.25) is 0 Å². The Labute approximate surface area is 143 Å². The van der Waals surface area contributed by atoms with Gasteiger partial charge < -0.3 is 14.4 Å². The number of benzene rings is 1. The minimum atomic E-state index is -0.452. The van der Waals surface area contributed by atoms with Crippen molar-refractivity contribution in [3.63, 3.8) is 0 Å². The molecule has 0 bridgehead atoms. The number of hydrogen-bond acceptors (Lipinski definition) is 3. The second-order valence-corrected chi connectivity index (χ2v) is 7.45. The summed E-state index contributed by atoms with van der Waals surface area (Å²) in [6.07, 6.45) is 1.62. The molecule has 0 aromatic heterocycles. The van der Waals surface area contributed by atoms with Crippen LogP contribution in [0.1, 0.15) is 45.3 Å². The molecule has 1 aromatic carbocycles. The van der Waals surface area contributed by atoms with Crippen molar-refractivity contribution in [1.29, 1.82) is 0 Å². The maximum Gasteiger partial charge on any atom is 0.410 e. The van der Waals surface area contributed by atoms with Gasteiger partial charge in [-0.25, -0.2) is 4.79 Å². The van der Waals surface area contributed by atoms with Crippen molar-refractivity contribution in [2.24, 2.45) is 5.92 Å². The summed E-state index contributed by atoms with van der Waals surface area (Å²) >= 11 is 5.95. The predicted octanol–water partition coefficient (Wildman–Crippen LogP) is 4.67. The molecule has 2 rings (SSSR count).